The first-order chi connectivity index (χ1) is 13.8. The molecular formula is C24H47ClN2O2. The largest absolute Gasteiger partial charge is 1.00 e. The Kier molecular flexibility index (Phi) is 19.3. The lowest BCUT2D eigenvalue weighted by Gasteiger charge is -2.31. The molecule has 0 aromatic heterocycles. The highest BCUT2D eigenvalue weighted by atomic mass is 35.5. The van der Waals surface area contributed by atoms with Crippen LogP contribution in [0.5, 0.6) is 0 Å². The zero-order valence-corrected chi connectivity index (χ0v) is 19.7. The van der Waals surface area contributed by atoms with Crippen molar-refractivity contribution in [3.63, 3.8) is 0 Å². The minimum Gasteiger partial charge on any atom is -1.00 e. The highest BCUT2D eigenvalue weighted by molar-refractivity contribution is 5.78. The van der Waals surface area contributed by atoms with Crippen molar-refractivity contribution in [2.24, 2.45) is 4.99 Å². The van der Waals surface area contributed by atoms with Crippen LogP contribution in [0.15, 0.2) is 17.4 Å². The van der Waals surface area contributed by atoms with E-state index in [0.717, 1.165) is 18.7 Å². The molecule has 0 amide bonds. The second kappa shape index (κ2) is 19.5. The Morgan fingerprint density at radius 3 is 1.52 bits per heavy atom. The molecule has 172 valence electrons. The molecule has 0 saturated carbocycles. The van der Waals surface area contributed by atoms with Crippen LogP contribution in [0, 0.1) is 0 Å². The number of aliphatic hydroxyl groups is 2. The molecule has 1 heterocycles. The summed E-state index contributed by atoms with van der Waals surface area (Å²) in [6.45, 7) is 3.78. The molecule has 0 spiro atoms. The van der Waals surface area contributed by atoms with Gasteiger partial charge in [0.05, 0.1) is 19.4 Å². The summed E-state index contributed by atoms with van der Waals surface area (Å²) in [4.78, 5) is 4.52. The molecule has 5 heteroatoms. The lowest BCUT2D eigenvalue weighted by Crippen LogP contribution is -3.00. The number of rotatable bonds is 20. The summed E-state index contributed by atoms with van der Waals surface area (Å²) in [6, 6.07) is 0. The third kappa shape index (κ3) is 12.8. The Hall–Kier alpha value is -0.420. The minimum atomic E-state index is 0. The summed E-state index contributed by atoms with van der Waals surface area (Å²) >= 11 is 0. The van der Waals surface area contributed by atoms with Gasteiger partial charge in [0.15, 0.2) is 0 Å². The van der Waals surface area contributed by atoms with E-state index < -0.39 is 0 Å². The van der Waals surface area contributed by atoms with E-state index in [0.29, 0.717) is 17.6 Å². The highest BCUT2D eigenvalue weighted by Crippen LogP contribution is 2.21. The number of amidine groups is 1. The predicted octanol–water partition coefficient (Wildman–Crippen LogP) is 2.94. The van der Waals surface area contributed by atoms with Crippen molar-refractivity contribution in [2.75, 3.05) is 26.3 Å². The summed E-state index contributed by atoms with van der Waals surface area (Å²) in [5, 5.41) is 18.7. The zero-order chi connectivity index (χ0) is 20.3. The molecule has 0 aromatic carbocycles. The van der Waals surface area contributed by atoms with Crippen LogP contribution in [0.25, 0.3) is 0 Å². The molecule has 0 saturated heterocycles. The van der Waals surface area contributed by atoms with Crippen molar-refractivity contribution >= 4 is 5.84 Å². The first kappa shape index (κ1) is 28.6. The predicted molar refractivity (Wildman–Crippen MR) is 120 cm³/mol. The molecule has 4 nitrogen and oxygen atoms in total. The van der Waals surface area contributed by atoms with Crippen LogP contribution in [-0.2, 0) is 0 Å². The Balaban J connectivity index is 0.00000784. The van der Waals surface area contributed by atoms with Crippen molar-refractivity contribution in [3.8, 4) is 0 Å². The van der Waals surface area contributed by atoms with Gasteiger partial charge in [0, 0.05) is 6.42 Å². The molecule has 0 bridgehead atoms. The SMILES string of the molecule is CCCCCCCCCCCCCCCCCC1=NC=C[N+]1(CCO)CCO.[Cl-]. The third-order valence-corrected chi connectivity index (χ3v) is 6.09. The lowest BCUT2D eigenvalue weighted by molar-refractivity contribution is -0.789. The van der Waals surface area contributed by atoms with Crippen LogP contribution in [0.4, 0.5) is 0 Å². The third-order valence-electron chi connectivity index (χ3n) is 6.09. The molecule has 0 aliphatic carbocycles. The molecule has 0 unspecified atom stereocenters. The maximum atomic E-state index is 9.35. The van der Waals surface area contributed by atoms with Gasteiger partial charge in [-0.25, -0.2) is 9.48 Å². The second-order valence-corrected chi connectivity index (χ2v) is 8.47. The van der Waals surface area contributed by atoms with Crippen molar-refractivity contribution < 1.29 is 27.1 Å². The minimum absolute atomic E-state index is 0. The Morgan fingerprint density at radius 1 is 0.690 bits per heavy atom. The van der Waals surface area contributed by atoms with Gasteiger partial charge in [-0.3, -0.25) is 0 Å². The molecule has 1 aliphatic rings. The molecule has 29 heavy (non-hydrogen) atoms. The molecule has 1 rings (SSSR count). The van der Waals surface area contributed by atoms with Gasteiger partial charge >= 0.3 is 0 Å². The first-order valence-electron chi connectivity index (χ1n) is 12.1. The van der Waals surface area contributed by atoms with E-state index in [2.05, 4.69) is 11.9 Å². The van der Waals surface area contributed by atoms with Gasteiger partial charge in [-0.1, -0.05) is 96.8 Å². The molecule has 2 N–H and O–H groups in total. The quantitative estimate of drug-likeness (QED) is 0.230. The summed E-state index contributed by atoms with van der Waals surface area (Å²) < 4.78 is 0.547. The second-order valence-electron chi connectivity index (χ2n) is 8.47. The van der Waals surface area contributed by atoms with Gasteiger partial charge in [-0.05, 0) is 6.42 Å². The molecule has 0 radical (unpaired) electrons. The number of hydrogen-bond donors (Lipinski definition) is 2. The number of hydrogen-bond acceptors (Lipinski definition) is 3. The van der Waals surface area contributed by atoms with Crippen LogP contribution in [0.3, 0.4) is 0 Å². The van der Waals surface area contributed by atoms with Gasteiger partial charge in [-0.2, -0.15) is 0 Å². The lowest BCUT2D eigenvalue weighted by atomic mass is 10.0. The Morgan fingerprint density at radius 2 is 1.10 bits per heavy atom. The van der Waals surface area contributed by atoms with Crippen LogP contribution in [0.2, 0.25) is 0 Å². The fourth-order valence-corrected chi connectivity index (χ4v) is 4.27. The number of unbranched alkanes of at least 4 members (excludes halogenated alkanes) is 14. The number of quaternary nitrogens is 1. The number of aliphatic hydroxyl groups excluding tert-OH is 2. The summed E-state index contributed by atoms with van der Waals surface area (Å²) in [7, 11) is 0. The van der Waals surface area contributed by atoms with Gasteiger partial charge < -0.3 is 22.6 Å². The maximum Gasteiger partial charge on any atom is 0.207 e. The van der Waals surface area contributed by atoms with Crippen LogP contribution < -0.4 is 12.4 Å². The average Bonchev–Trinajstić information content (AvgIpc) is 3.07. The average molecular weight is 431 g/mol. The van der Waals surface area contributed by atoms with Crippen molar-refractivity contribution in [1.82, 2.24) is 0 Å². The number of nitrogens with zero attached hydrogens (tertiary/aromatic N) is 2. The standard InChI is InChI=1S/C24H47N2O2.ClH/c1-2-3-4-5-6-7-8-9-10-11-12-13-14-15-16-17-24-25-18-19-26(24,20-22-27)21-23-28;/h18-19,27-28H,2-17,20-23H2,1H3;1H/q+1;/p-1. The van der Waals surface area contributed by atoms with Crippen molar-refractivity contribution in [1.29, 1.82) is 0 Å². The van der Waals surface area contributed by atoms with E-state index in [1.807, 2.05) is 12.4 Å². The number of aliphatic imine (C=N–C) groups is 1. The fraction of sp³-hybridized carbons (Fsp3) is 0.875. The summed E-state index contributed by atoms with van der Waals surface area (Å²) in [5.41, 5.74) is 0. The molecule has 0 fully saturated rings. The van der Waals surface area contributed by atoms with Gasteiger partial charge in [0.25, 0.3) is 0 Å². The van der Waals surface area contributed by atoms with Crippen molar-refractivity contribution in [3.05, 3.63) is 12.4 Å². The molecule has 1 aliphatic heterocycles. The smallest absolute Gasteiger partial charge is 0.207 e. The van der Waals surface area contributed by atoms with Gasteiger partial charge in [-0.15, -0.1) is 0 Å². The normalized spacial score (nSPS) is 14.8. The zero-order valence-electron chi connectivity index (χ0n) is 19.0. The van der Waals surface area contributed by atoms with Gasteiger partial charge in [0.2, 0.25) is 5.84 Å². The Bertz CT molecular complexity index is 421. The first-order valence-corrected chi connectivity index (χ1v) is 12.1. The van der Waals surface area contributed by atoms with Crippen LogP contribution in [-0.4, -0.2) is 46.8 Å². The molecule has 0 atom stereocenters. The van der Waals surface area contributed by atoms with Crippen LogP contribution >= 0.6 is 0 Å². The molecule has 0 aromatic rings. The highest BCUT2D eigenvalue weighted by Gasteiger charge is 2.33. The van der Waals surface area contributed by atoms with Crippen LogP contribution in [0.1, 0.15) is 110 Å². The topological polar surface area (TPSA) is 52.8 Å². The monoisotopic (exact) mass is 430 g/mol. The van der Waals surface area contributed by atoms with E-state index in [9.17, 15) is 10.2 Å². The summed E-state index contributed by atoms with van der Waals surface area (Å²) in [5.74, 6) is 1.11. The summed E-state index contributed by atoms with van der Waals surface area (Å²) in [6.07, 6.45) is 25.5. The van der Waals surface area contributed by atoms with Crippen molar-refractivity contribution in [2.45, 2.75) is 110 Å². The van der Waals surface area contributed by atoms with E-state index >= 15 is 0 Å². The maximum absolute atomic E-state index is 9.35. The molecular weight excluding hydrogens is 384 g/mol. The van der Waals surface area contributed by atoms with E-state index in [1.54, 1.807) is 0 Å². The number of halogens is 1. The van der Waals surface area contributed by atoms with Gasteiger partial charge in [0.1, 0.15) is 19.3 Å². The Labute approximate surface area is 186 Å². The van der Waals surface area contributed by atoms with E-state index in [1.165, 1.54) is 89.9 Å². The fourth-order valence-electron chi connectivity index (χ4n) is 4.27. The van der Waals surface area contributed by atoms with E-state index in [-0.39, 0.29) is 25.6 Å². The van der Waals surface area contributed by atoms with E-state index in [4.69, 9.17) is 0 Å².